The van der Waals surface area contributed by atoms with Crippen molar-refractivity contribution in [1.82, 2.24) is 16.0 Å². The first-order valence-electron chi connectivity index (χ1n) is 10.3. The molecule has 0 spiro atoms. The summed E-state index contributed by atoms with van der Waals surface area (Å²) in [6.45, 7) is -0.0659. The molecule has 200 valence electrons. The number of hydrogen-bond donors (Lipinski definition) is 9. The summed E-state index contributed by atoms with van der Waals surface area (Å²) < 4.78 is 5.62. The van der Waals surface area contributed by atoms with Crippen molar-refractivity contribution in [2.45, 2.75) is 61.2 Å². The van der Waals surface area contributed by atoms with E-state index in [9.17, 15) is 39.3 Å². The average Bonchev–Trinajstić information content (AvgIpc) is 2.79. The van der Waals surface area contributed by atoms with Crippen molar-refractivity contribution in [2.75, 3.05) is 18.9 Å². The Hall–Kier alpha value is -1.98. The standard InChI is InChI=1S/C18H30N4O11SSe/c1-7(24)21-13-15(29)14(28)10(5-23)33-18(13)35-34-6-9(16(30)20-4-12(26)27)22-11(25)3-2-8(19)17(31)32/h8-10,13-15,18,23,28-29H,2-6,19H2,1H3,(H,20,30)(H,21,24)(H,22,25)(H,26,27)(H,31,32)/t8-,9-,10-,13-,14+,15-,18+/m1/s1. The van der Waals surface area contributed by atoms with Gasteiger partial charge in [-0.1, -0.05) is 0 Å². The van der Waals surface area contributed by atoms with Gasteiger partial charge in [0.2, 0.25) is 0 Å². The third kappa shape index (κ3) is 10.7. The zero-order valence-corrected chi connectivity index (χ0v) is 21.2. The SMILES string of the molecule is CC(=O)N[C@@H]1[C@@H](O)[C@@H](O)[C@@H](CO)O[C@H]1[Se]SC[C@@H](NC(=O)CC[C@@H](N)C(=O)O)C(=O)NCC(=O)O. The van der Waals surface area contributed by atoms with E-state index in [4.69, 9.17) is 20.7 Å². The topological polar surface area (TPSA) is 258 Å². The van der Waals surface area contributed by atoms with Gasteiger partial charge in [-0.3, -0.25) is 0 Å². The van der Waals surface area contributed by atoms with E-state index in [0.29, 0.717) is 0 Å². The van der Waals surface area contributed by atoms with Crippen LogP contribution in [0.1, 0.15) is 19.8 Å². The Morgan fingerprint density at radius 1 is 1.14 bits per heavy atom. The first-order chi connectivity index (χ1) is 16.4. The van der Waals surface area contributed by atoms with Crippen LogP contribution in [-0.2, 0) is 28.7 Å². The second-order valence-electron chi connectivity index (χ2n) is 7.53. The van der Waals surface area contributed by atoms with Gasteiger partial charge in [0.25, 0.3) is 0 Å². The molecule has 0 bridgehead atoms. The second-order valence-corrected chi connectivity index (χ2v) is 12.0. The van der Waals surface area contributed by atoms with Crippen molar-refractivity contribution in [2.24, 2.45) is 5.73 Å². The molecule has 1 fully saturated rings. The Morgan fingerprint density at radius 3 is 2.34 bits per heavy atom. The zero-order chi connectivity index (χ0) is 26.7. The number of carbonyl (C=O) groups is 5. The molecule has 35 heavy (non-hydrogen) atoms. The minimum atomic E-state index is -1.44. The zero-order valence-electron chi connectivity index (χ0n) is 18.7. The predicted molar refractivity (Wildman–Crippen MR) is 121 cm³/mol. The summed E-state index contributed by atoms with van der Waals surface area (Å²) in [6.07, 6.45) is -4.44. The molecule has 7 atom stereocenters. The minimum absolute atomic E-state index is 0.0583. The fraction of sp³-hybridized carbons (Fsp3) is 0.722. The normalized spacial score (nSPS) is 25.7. The molecule has 1 heterocycles. The van der Waals surface area contributed by atoms with Gasteiger partial charge in [0, 0.05) is 0 Å². The Morgan fingerprint density at radius 2 is 1.80 bits per heavy atom. The van der Waals surface area contributed by atoms with Gasteiger partial charge in [-0.2, -0.15) is 0 Å². The van der Waals surface area contributed by atoms with Gasteiger partial charge < -0.3 is 0 Å². The van der Waals surface area contributed by atoms with E-state index in [-0.39, 0.29) is 18.6 Å². The molecule has 10 N–H and O–H groups in total. The van der Waals surface area contributed by atoms with E-state index < -0.39 is 98.1 Å². The summed E-state index contributed by atoms with van der Waals surface area (Å²) in [5, 5.41) is 53.6. The molecule has 0 aromatic carbocycles. The molecule has 1 aliphatic heterocycles. The average molecular weight is 589 g/mol. The number of carboxylic acid groups (broad SMARTS) is 2. The summed E-state index contributed by atoms with van der Waals surface area (Å²) in [6, 6.07) is -3.46. The molecule has 0 saturated carbocycles. The number of carbonyl (C=O) groups excluding carboxylic acids is 3. The van der Waals surface area contributed by atoms with Crippen molar-refractivity contribution >= 4 is 53.7 Å². The van der Waals surface area contributed by atoms with Crippen LogP contribution in [0.4, 0.5) is 0 Å². The third-order valence-corrected chi connectivity index (χ3v) is 9.26. The first-order valence-corrected chi connectivity index (χ1v) is 14.3. The molecule has 15 nitrogen and oxygen atoms in total. The van der Waals surface area contributed by atoms with Crippen LogP contribution in [0.15, 0.2) is 0 Å². The van der Waals surface area contributed by atoms with E-state index in [1.807, 2.05) is 0 Å². The number of ether oxygens (including phenoxy) is 1. The molecule has 1 saturated heterocycles. The number of amides is 3. The Balaban J connectivity index is 2.82. The fourth-order valence-electron chi connectivity index (χ4n) is 2.87. The molecule has 0 radical (unpaired) electrons. The van der Waals surface area contributed by atoms with Gasteiger partial charge in [0.1, 0.15) is 0 Å². The molecule has 17 heteroatoms. The molecule has 0 unspecified atom stereocenters. The van der Waals surface area contributed by atoms with Crippen molar-refractivity contribution in [3.05, 3.63) is 0 Å². The maximum atomic E-state index is 12.4. The summed E-state index contributed by atoms with van der Waals surface area (Å²) in [5.74, 6) is -4.61. The van der Waals surface area contributed by atoms with Crippen molar-refractivity contribution in [1.29, 1.82) is 0 Å². The maximum absolute atomic E-state index is 12.4. The van der Waals surface area contributed by atoms with Crippen LogP contribution in [-0.4, -0.2) is 129 Å². The molecular weight excluding hydrogens is 559 g/mol. The number of nitrogens with two attached hydrogens (primary N) is 1. The third-order valence-electron chi connectivity index (χ3n) is 4.71. The fourth-order valence-corrected chi connectivity index (χ4v) is 7.63. The van der Waals surface area contributed by atoms with E-state index in [1.54, 1.807) is 0 Å². The summed E-state index contributed by atoms with van der Waals surface area (Å²) in [7, 11) is 1.12. The molecule has 1 rings (SSSR count). The number of nitrogens with one attached hydrogen (secondary N) is 3. The van der Waals surface area contributed by atoms with Crippen LogP contribution < -0.4 is 21.7 Å². The van der Waals surface area contributed by atoms with Crippen LogP contribution in [0.5, 0.6) is 0 Å². The Kier molecular flexibility index (Phi) is 13.5. The molecule has 1 aliphatic rings. The number of aliphatic carboxylic acids is 2. The second kappa shape index (κ2) is 15.2. The van der Waals surface area contributed by atoms with Crippen LogP contribution >= 0.6 is 10.2 Å². The number of rotatable bonds is 14. The molecular formula is C18H30N4O11SSe. The number of hydrogen-bond acceptors (Lipinski definition) is 11. The number of aliphatic hydroxyl groups is 3. The van der Waals surface area contributed by atoms with Gasteiger partial charge in [-0.15, -0.1) is 0 Å². The van der Waals surface area contributed by atoms with Crippen molar-refractivity contribution < 1.29 is 54.2 Å². The molecule has 0 aliphatic carbocycles. The quantitative estimate of drug-likeness (QED) is 0.0863. The monoisotopic (exact) mass is 590 g/mol. The summed E-state index contributed by atoms with van der Waals surface area (Å²) in [5.41, 5.74) is 5.36. The molecule has 0 aromatic rings. The van der Waals surface area contributed by atoms with Crippen molar-refractivity contribution in [3.63, 3.8) is 0 Å². The Bertz CT molecular complexity index is 777. The van der Waals surface area contributed by atoms with Crippen LogP contribution in [0.25, 0.3) is 0 Å². The van der Waals surface area contributed by atoms with E-state index >= 15 is 0 Å². The van der Waals surface area contributed by atoms with Crippen LogP contribution in [0.3, 0.4) is 0 Å². The van der Waals surface area contributed by atoms with Gasteiger partial charge in [0.15, 0.2) is 0 Å². The van der Waals surface area contributed by atoms with E-state index in [2.05, 4.69) is 16.0 Å². The molecule has 3 amide bonds. The van der Waals surface area contributed by atoms with Gasteiger partial charge >= 0.3 is 210 Å². The summed E-state index contributed by atoms with van der Waals surface area (Å²) in [4.78, 5) is 57.7. The van der Waals surface area contributed by atoms with E-state index in [0.717, 1.165) is 10.2 Å². The van der Waals surface area contributed by atoms with Crippen LogP contribution in [0, 0.1) is 0 Å². The van der Waals surface area contributed by atoms with Gasteiger partial charge in [-0.05, 0) is 0 Å². The number of carboxylic acids is 2. The van der Waals surface area contributed by atoms with Crippen molar-refractivity contribution in [3.8, 4) is 0 Å². The molecule has 0 aromatic heterocycles. The van der Waals surface area contributed by atoms with Gasteiger partial charge in [0.05, 0.1) is 0 Å². The first kappa shape index (κ1) is 31.0. The Labute approximate surface area is 209 Å². The van der Waals surface area contributed by atoms with Gasteiger partial charge in [-0.25, -0.2) is 0 Å². The number of aliphatic hydroxyl groups excluding tert-OH is 3. The van der Waals surface area contributed by atoms with Crippen LogP contribution in [0.2, 0.25) is 0 Å². The van der Waals surface area contributed by atoms with E-state index in [1.165, 1.54) is 6.92 Å². The predicted octanol–water partition coefficient (Wildman–Crippen LogP) is -4.84. The summed E-state index contributed by atoms with van der Waals surface area (Å²) >= 11 is -0.622.